The number of carboxylic acid groups (broad SMARTS) is 1. The van der Waals surface area contributed by atoms with Gasteiger partial charge >= 0.3 is 5.97 Å². The molecule has 106 valence electrons. The number of nitrogens with zero attached hydrogens (tertiary/aromatic N) is 2. The molecule has 21 heavy (non-hydrogen) atoms. The highest BCUT2D eigenvalue weighted by molar-refractivity contribution is 5.84. The van der Waals surface area contributed by atoms with E-state index in [0.717, 1.165) is 17.0 Å². The summed E-state index contributed by atoms with van der Waals surface area (Å²) in [6.45, 7) is 2.29. The number of aromatic carboxylic acids is 1. The first-order valence-electron chi connectivity index (χ1n) is 6.54. The number of aryl methyl sites for hydroxylation is 1. The average molecular weight is 282 g/mol. The standard InChI is InChI=1S/C16H14N2O3/c1-11-13(9-14(21-11)16(19)20)10-18-8-7-17-15(18)12-5-3-2-4-6-12/h2-9H,10H2,1H3,(H,19,20). The quantitative estimate of drug-likeness (QED) is 0.798. The van der Waals surface area contributed by atoms with E-state index in [1.165, 1.54) is 0 Å². The molecule has 0 fully saturated rings. The molecule has 0 atom stereocenters. The van der Waals surface area contributed by atoms with Gasteiger partial charge in [-0.25, -0.2) is 9.78 Å². The number of carboxylic acids is 1. The molecule has 3 aromatic rings. The van der Waals surface area contributed by atoms with E-state index in [4.69, 9.17) is 9.52 Å². The minimum absolute atomic E-state index is 0.0381. The van der Waals surface area contributed by atoms with Gasteiger partial charge in [0, 0.05) is 23.5 Å². The fourth-order valence-corrected chi connectivity index (χ4v) is 2.25. The van der Waals surface area contributed by atoms with Gasteiger partial charge in [-0.05, 0) is 13.0 Å². The van der Waals surface area contributed by atoms with Crippen molar-refractivity contribution < 1.29 is 14.3 Å². The largest absolute Gasteiger partial charge is 0.475 e. The SMILES string of the molecule is Cc1oc(C(=O)O)cc1Cn1ccnc1-c1ccccc1. The Morgan fingerprint density at radius 1 is 1.33 bits per heavy atom. The Morgan fingerprint density at radius 2 is 2.10 bits per heavy atom. The highest BCUT2D eigenvalue weighted by atomic mass is 16.4. The third kappa shape index (κ3) is 2.58. The highest BCUT2D eigenvalue weighted by Crippen LogP contribution is 2.21. The molecular formula is C16H14N2O3. The number of benzene rings is 1. The Labute approximate surface area is 121 Å². The summed E-state index contributed by atoms with van der Waals surface area (Å²) in [5.41, 5.74) is 1.85. The van der Waals surface area contributed by atoms with E-state index < -0.39 is 5.97 Å². The second-order valence-electron chi connectivity index (χ2n) is 4.74. The zero-order chi connectivity index (χ0) is 14.8. The maximum absolute atomic E-state index is 10.9. The fraction of sp³-hybridized carbons (Fsp3) is 0.125. The van der Waals surface area contributed by atoms with Crippen molar-refractivity contribution >= 4 is 5.97 Å². The van der Waals surface area contributed by atoms with Crippen molar-refractivity contribution in [3.63, 3.8) is 0 Å². The smallest absolute Gasteiger partial charge is 0.371 e. The summed E-state index contributed by atoms with van der Waals surface area (Å²) in [5, 5.41) is 8.97. The van der Waals surface area contributed by atoms with Gasteiger partial charge in [0.1, 0.15) is 11.6 Å². The summed E-state index contributed by atoms with van der Waals surface area (Å²) < 4.78 is 7.21. The van der Waals surface area contributed by atoms with E-state index in [1.54, 1.807) is 19.2 Å². The van der Waals surface area contributed by atoms with Crippen LogP contribution in [-0.2, 0) is 6.54 Å². The maximum Gasteiger partial charge on any atom is 0.371 e. The summed E-state index contributed by atoms with van der Waals surface area (Å²) in [5.74, 6) is 0.357. The van der Waals surface area contributed by atoms with Crippen LogP contribution in [0.25, 0.3) is 11.4 Å². The molecule has 0 aliphatic carbocycles. The Balaban J connectivity index is 1.93. The van der Waals surface area contributed by atoms with E-state index in [0.29, 0.717) is 12.3 Å². The minimum atomic E-state index is -1.06. The molecule has 5 heteroatoms. The lowest BCUT2D eigenvalue weighted by atomic mass is 10.2. The molecule has 1 aromatic carbocycles. The van der Waals surface area contributed by atoms with Crippen molar-refractivity contribution in [2.45, 2.75) is 13.5 Å². The van der Waals surface area contributed by atoms with Gasteiger partial charge in [0.2, 0.25) is 5.76 Å². The topological polar surface area (TPSA) is 68.3 Å². The van der Waals surface area contributed by atoms with Gasteiger partial charge in [0.25, 0.3) is 0 Å². The third-order valence-corrected chi connectivity index (χ3v) is 3.32. The molecule has 3 rings (SSSR count). The summed E-state index contributed by atoms with van der Waals surface area (Å²) in [6, 6.07) is 11.4. The van der Waals surface area contributed by atoms with Gasteiger partial charge < -0.3 is 14.1 Å². The Bertz CT molecular complexity index is 772. The van der Waals surface area contributed by atoms with Crippen LogP contribution in [0.4, 0.5) is 0 Å². The monoisotopic (exact) mass is 282 g/mol. The van der Waals surface area contributed by atoms with Crippen molar-refractivity contribution in [1.29, 1.82) is 0 Å². The summed E-state index contributed by atoms with van der Waals surface area (Å²) in [7, 11) is 0. The van der Waals surface area contributed by atoms with Crippen LogP contribution in [0, 0.1) is 6.92 Å². The molecule has 0 bridgehead atoms. The van der Waals surface area contributed by atoms with Crippen LogP contribution in [0.5, 0.6) is 0 Å². The lowest BCUT2D eigenvalue weighted by molar-refractivity contribution is 0.0661. The normalized spacial score (nSPS) is 10.7. The number of hydrogen-bond acceptors (Lipinski definition) is 3. The lowest BCUT2D eigenvalue weighted by Crippen LogP contribution is -2.01. The van der Waals surface area contributed by atoms with Crippen LogP contribution in [0.15, 0.2) is 53.2 Å². The van der Waals surface area contributed by atoms with E-state index in [9.17, 15) is 4.79 Å². The molecular weight excluding hydrogens is 268 g/mol. The van der Waals surface area contributed by atoms with Gasteiger partial charge in [-0.2, -0.15) is 0 Å². The van der Waals surface area contributed by atoms with Crippen LogP contribution in [0.1, 0.15) is 21.9 Å². The van der Waals surface area contributed by atoms with E-state index >= 15 is 0 Å². The van der Waals surface area contributed by atoms with Crippen molar-refractivity contribution in [3.05, 3.63) is 65.9 Å². The molecule has 2 heterocycles. The molecule has 1 N–H and O–H groups in total. The highest BCUT2D eigenvalue weighted by Gasteiger charge is 2.14. The van der Waals surface area contributed by atoms with Crippen LogP contribution in [-0.4, -0.2) is 20.6 Å². The van der Waals surface area contributed by atoms with E-state index in [2.05, 4.69) is 4.98 Å². The van der Waals surface area contributed by atoms with Gasteiger partial charge in [-0.3, -0.25) is 0 Å². The van der Waals surface area contributed by atoms with Crippen LogP contribution < -0.4 is 0 Å². The minimum Gasteiger partial charge on any atom is -0.475 e. The van der Waals surface area contributed by atoms with E-state index in [1.807, 2.05) is 41.1 Å². The van der Waals surface area contributed by atoms with Crippen molar-refractivity contribution in [2.24, 2.45) is 0 Å². The molecule has 2 aromatic heterocycles. The average Bonchev–Trinajstić information content (AvgIpc) is 3.08. The Morgan fingerprint density at radius 3 is 2.76 bits per heavy atom. The second-order valence-corrected chi connectivity index (χ2v) is 4.74. The number of aromatic nitrogens is 2. The maximum atomic E-state index is 10.9. The van der Waals surface area contributed by atoms with Crippen molar-refractivity contribution in [2.75, 3.05) is 0 Å². The molecule has 0 saturated heterocycles. The molecule has 0 amide bonds. The van der Waals surface area contributed by atoms with Gasteiger partial charge in [0.05, 0.1) is 6.54 Å². The zero-order valence-corrected chi connectivity index (χ0v) is 11.5. The number of imidazole rings is 1. The van der Waals surface area contributed by atoms with Gasteiger partial charge in [-0.1, -0.05) is 30.3 Å². The summed E-state index contributed by atoms with van der Waals surface area (Å²) in [4.78, 5) is 15.3. The molecule has 0 unspecified atom stereocenters. The van der Waals surface area contributed by atoms with Crippen LogP contribution in [0.2, 0.25) is 0 Å². The summed E-state index contributed by atoms with van der Waals surface area (Å²) >= 11 is 0. The molecule has 0 radical (unpaired) electrons. The number of furan rings is 1. The van der Waals surface area contributed by atoms with Crippen LogP contribution >= 0.6 is 0 Å². The summed E-state index contributed by atoms with van der Waals surface area (Å²) in [6.07, 6.45) is 3.60. The predicted molar refractivity (Wildman–Crippen MR) is 77.2 cm³/mol. The molecule has 0 spiro atoms. The van der Waals surface area contributed by atoms with Crippen LogP contribution in [0.3, 0.4) is 0 Å². The van der Waals surface area contributed by atoms with E-state index in [-0.39, 0.29) is 5.76 Å². The molecule has 0 aliphatic heterocycles. The second kappa shape index (κ2) is 5.28. The molecule has 5 nitrogen and oxygen atoms in total. The number of hydrogen-bond donors (Lipinski definition) is 1. The number of rotatable bonds is 4. The fourth-order valence-electron chi connectivity index (χ4n) is 2.25. The molecule has 0 aliphatic rings. The zero-order valence-electron chi connectivity index (χ0n) is 11.5. The third-order valence-electron chi connectivity index (χ3n) is 3.32. The first-order valence-corrected chi connectivity index (χ1v) is 6.54. The Hall–Kier alpha value is -2.82. The first kappa shape index (κ1) is 13.2. The van der Waals surface area contributed by atoms with Gasteiger partial charge in [0.15, 0.2) is 0 Å². The number of carbonyl (C=O) groups is 1. The van der Waals surface area contributed by atoms with Crippen molar-refractivity contribution in [3.8, 4) is 11.4 Å². The first-order chi connectivity index (χ1) is 10.1. The molecule has 0 saturated carbocycles. The lowest BCUT2D eigenvalue weighted by Gasteiger charge is -2.07. The Kier molecular flexibility index (Phi) is 3.31. The predicted octanol–water partition coefficient (Wildman–Crippen LogP) is 3.20. The van der Waals surface area contributed by atoms with Gasteiger partial charge in [-0.15, -0.1) is 0 Å². The van der Waals surface area contributed by atoms with Crippen molar-refractivity contribution in [1.82, 2.24) is 9.55 Å².